The van der Waals surface area contributed by atoms with E-state index in [-0.39, 0.29) is 37.0 Å². The maximum Gasteiger partial charge on any atom is 0.308 e. The molecule has 0 radical (unpaired) electrons. The fourth-order valence-electron chi connectivity index (χ4n) is 6.31. The van der Waals surface area contributed by atoms with Gasteiger partial charge in [-0.3, -0.25) is 19.2 Å². The average Bonchev–Trinajstić information content (AvgIpc) is 3.05. The van der Waals surface area contributed by atoms with Crippen molar-refractivity contribution in [1.29, 1.82) is 0 Å². The van der Waals surface area contributed by atoms with Gasteiger partial charge in [0.15, 0.2) is 0 Å². The van der Waals surface area contributed by atoms with Gasteiger partial charge in [0.05, 0.1) is 25.4 Å². The zero-order valence-corrected chi connectivity index (χ0v) is 29.6. The van der Waals surface area contributed by atoms with Crippen molar-refractivity contribution >= 4 is 23.9 Å². The van der Waals surface area contributed by atoms with Gasteiger partial charge in [-0.15, -0.1) is 0 Å². The van der Waals surface area contributed by atoms with Crippen LogP contribution >= 0.6 is 0 Å². The molecule has 0 saturated carbocycles. The van der Waals surface area contributed by atoms with E-state index >= 15 is 0 Å². The van der Waals surface area contributed by atoms with Crippen LogP contribution in [0.2, 0.25) is 0 Å². The molecule has 272 valence electrons. The van der Waals surface area contributed by atoms with Gasteiger partial charge in [-0.2, -0.15) is 0 Å². The Hall–Kier alpha value is -5.72. The summed E-state index contributed by atoms with van der Waals surface area (Å²) in [5, 5.41) is 21.7. The summed E-state index contributed by atoms with van der Waals surface area (Å²) in [4.78, 5) is 44.3. The van der Waals surface area contributed by atoms with Crippen molar-refractivity contribution in [1.82, 2.24) is 0 Å². The van der Waals surface area contributed by atoms with Crippen LogP contribution in [-0.2, 0) is 19.2 Å². The van der Waals surface area contributed by atoms with Crippen molar-refractivity contribution in [3.8, 4) is 34.5 Å². The fraction of sp³-hybridized carbons (Fsp3) is 0.300. The molecule has 4 unspecified atom stereocenters. The minimum absolute atomic E-state index is 0.257. The van der Waals surface area contributed by atoms with Crippen LogP contribution in [0.3, 0.4) is 0 Å². The Morgan fingerprint density at radius 3 is 1.13 bits per heavy atom. The highest BCUT2D eigenvalue weighted by molar-refractivity contribution is 5.71. The van der Waals surface area contributed by atoms with E-state index in [1.165, 1.54) is 27.7 Å². The number of benzene rings is 4. The van der Waals surface area contributed by atoms with Crippen molar-refractivity contribution in [3.63, 3.8) is 0 Å². The molecule has 0 bridgehead atoms. The predicted molar refractivity (Wildman–Crippen MR) is 187 cm³/mol. The summed E-state index contributed by atoms with van der Waals surface area (Å²) in [6, 6.07) is 20.6. The second-order valence-corrected chi connectivity index (χ2v) is 12.5. The molecular formula is C40H40O12. The average molecular weight is 713 g/mol. The Bertz CT molecular complexity index is 1820. The molecule has 2 N–H and O–H groups in total. The molecule has 0 aliphatic carbocycles. The van der Waals surface area contributed by atoms with Gasteiger partial charge in [0.2, 0.25) is 0 Å². The zero-order chi connectivity index (χ0) is 37.7. The SMILES string of the molecule is CC(=O)Oc1ccc(C2COc3cc(OC(C)=O)cc(C)c3C2O)cc1.CC(=O)Oc1ccc(C2COc3cc(OC(C)=O)cc(C)c3C2O)cc1. The topological polar surface area (TPSA) is 164 Å². The molecule has 52 heavy (non-hydrogen) atoms. The van der Waals surface area contributed by atoms with E-state index < -0.39 is 24.1 Å². The summed E-state index contributed by atoms with van der Waals surface area (Å²) in [6.45, 7) is 9.59. The molecule has 0 spiro atoms. The van der Waals surface area contributed by atoms with E-state index in [0.717, 1.165) is 22.3 Å². The number of aryl methyl sites for hydroxylation is 2. The molecule has 0 saturated heterocycles. The number of hydrogen-bond donors (Lipinski definition) is 2. The third-order valence-corrected chi connectivity index (χ3v) is 8.50. The summed E-state index contributed by atoms with van der Waals surface area (Å²) < 4.78 is 31.9. The Kier molecular flexibility index (Phi) is 11.6. The molecule has 0 fully saturated rings. The second-order valence-electron chi connectivity index (χ2n) is 12.5. The molecule has 0 amide bonds. The third-order valence-electron chi connectivity index (χ3n) is 8.50. The summed E-state index contributed by atoms with van der Waals surface area (Å²) >= 11 is 0. The predicted octanol–water partition coefficient (Wildman–Crippen LogP) is 6.11. The summed E-state index contributed by atoms with van der Waals surface area (Å²) in [7, 11) is 0. The fourth-order valence-corrected chi connectivity index (χ4v) is 6.31. The maximum atomic E-state index is 11.1. The molecule has 4 atom stereocenters. The first kappa shape index (κ1) is 37.5. The first-order valence-electron chi connectivity index (χ1n) is 16.5. The van der Waals surface area contributed by atoms with E-state index in [0.29, 0.717) is 45.6 Å². The van der Waals surface area contributed by atoms with Gasteiger partial charge in [-0.25, -0.2) is 0 Å². The smallest absolute Gasteiger partial charge is 0.308 e. The monoisotopic (exact) mass is 712 g/mol. The minimum atomic E-state index is -0.760. The van der Waals surface area contributed by atoms with Gasteiger partial charge in [-0.05, 0) is 72.5 Å². The number of ether oxygens (including phenoxy) is 6. The lowest BCUT2D eigenvalue weighted by Gasteiger charge is -2.32. The highest BCUT2D eigenvalue weighted by Gasteiger charge is 2.34. The first-order valence-corrected chi connectivity index (χ1v) is 16.5. The van der Waals surface area contributed by atoms with Gasteiger partial charge in [0.25, 0.3) is 0 Å². The van der Waals surface area contributed by atoms with Crippen molar-refractivity contribution in [2.45, 2.75) is 65.6 Å². The lowest BCUT2D eigenvalue weighted by Crippen LogP contribution is -2.25. The molecule has 2 aliphatic rings. The molecule has 12 nitrogen and oxygen atoms in total. The Morgan fingerprint density at radius 1 is 0.519 bits per heavy atom. The number of aliphatic hydroxyl groups is 2. The molecular weight excluding hydrogens is 672 g/mol. The molecule has 4 aromatic rings. The highest BCUT2D eigenvalue weighted by Crippen LogP contribution is 2.45. The molecule has 2 aliphatic heterocycles. The van der Waals surface area contributed by atoms with Crippen LogP contribution in [-0.4, -0.2) is 47.3 Å². The Balaban J connectivity index is 0.000000201. The van der Waals surface area contributed by atoms with E-state index in [9.17, 15) is 29.4 Å². The summed E-state index contributed by atoms with van der Waals surface area (Å²) in [5.41, 5.74) is 4.69. The number of fused-ring (bicyclic) bond motifs is 2. The second kappa shape index (κ2) is 16.1. The highest BCUT2D eigenvalue weighted by atomic mass is 16.5. The maximum absolute atomic E-state index is 11.1. The largest absolute Gasteiger partial charge is 0.492 e. The molecule has 12 heteroatoms. The molecule has 2 heterocycles. The molecule has 4 aromatic carbocycles. The van der Waals surface area contributed by atoms with Gasteiger partial charge in [0, 0.05) is 62.8 Å². The first-order chi connectivity index (χ1) is 24.7. The van der Waals surface area contributed by atoms with Crippen LogP contribution in [0.1, 0.15) is 85.1 Å². The van der Waals surface area contributed by atoms with Crippen molar-refractivity contribution < 1.29 is 57.8 Å². The third kappa shape index (κ3) is 8.95. The van der Waals surface area contributed by atoms with Crippen molar-refractivity contribution in [2.75, 3.05) is 13.2 Å². The number of carbonyl (C=O) groups excluding carboxylic acids is 4. The Labute approximate surface area is 300 Å². The number of rotatable bonds is 6. The molecule has 0 aromatic heterocycles. The van der Waals surface area contributed by atoms with Gasteiger partial charge in [-0.1, -0.05) is 24.3 Å². The summed E-state index contributed by atoms with van der Waals surface area (Å²) in [5.74, 6) is 0.625. The lowest BCUT2D eigenvalue weighted by molar-refractivity contribution is -0.132. The van der Waals surface area contributed by atoms with Crippen LogP contribution in [0.5, 0.6) is 34.5 Å². The van der Waals surface area contributed by atoms with Gasteiger partial charge < -0.3 is 38.6 Å². The summed E-state index contributed by atoms with van der Waals surface area (Å²) in [6.07, 6.45) is -1.52. The van der Waals surface area contributed by atoms with Gasteiger partial charge >= 0.3 is 23.9 Å². The lowest BCUT2D eigenvalue weighted by atomic mass is 9.85. The normalized spacial score (nSPS) is 18.5. The number of esters is 4. The van der Waals surface area contributed by atoms with Crippen molar-refractivity contribution in [3.05, 3.63) is 106 Å². The zero-order valence-electron chi connectivity index (χ0n) is 29.6. The van der Waals surface area contributed by atoms with Crippen LogP contribution in [0.4, 0.5) is 0 Å². The van der Waals surface area contributed by atoms with Crippen LogP contribution in [0, 0.1) is 13.8 Å². The Morgan fingerprint density at radius 2 is 0.827 bits per heavy atom. The quantitative estimate of drug-likeness (QED) is 0.174. The van der Waals surface area contributed by atoms with E-state index in [4.69, 9.17) is 28.4 Å². The number of carbonyl (C=O) groups is 4. The van der Waals surface area contributed by atoms with Crippen LogP contribution in [0.15, 0.2) is 72.8 Å². The van der Waals surface area contributed by atoms with Crippen LogP contribution < -0.4 is 28.4 Å². The van der Waals surface area contributed by atoms with E-state index in [1.54, 1.807) is 48.5 Å². The van der Waals surface area contributed by atoms with Crippen molar-refractivity contribution in [2.24, 2.45) is 0 Å². The number of hydrogen-bond acceptors (Lipinski definition) is 12. The van der Waals surface area contributed by atoms with E-state index in [1.807, 2.05) is 38.1 Å². The standard InChI is InChI=1S/2C20H20O6/c2*1-11-8-16(26-13(3)22)9-18-19(11)20(23)17(10-24-18)14-4-6-15(7-5-14)25-12(2)21/h2*4-9,17,20,23H,10H2,1-3H3. The minimum Gasteiger partial charge on any atom is -0.492 e. The van der Waals surface area contributed by atoms with Gasteiger partial charge in [0.1, 0.15) is 34.5 Å². The number of aliphatic hydroxyl groups excluding tert-OH is 2. The molecule has 6 rings (SSSR count). The van der Waals surface area contributed by atoms with Crippen LogP contribution in [0.25, 0.3) is 0 Å². The van der Waals surface area contributed by atoms with E-state index in [2.05, 4.69) is 0 Å².